The van der Waals surface area contributed by atoms with E-state index in [4.69, 9.17) is 24.0 Å². The maximum Gasteiger partial charge on any atom is 0.466 e. The first-order valence-corrected chi connectivity index (χ1v) is 5.08. The van der Waals surface area contributed by atoms with Crippen LogP contribution in [-0.2, 0) is 18.8 Å². The first kappa shape index (κ1) is 13.3. The van der Waals surface area contributed by atoms with Gasteiger partial charge in [0.05, 0.1) is 6.61 Å². The van der Waals surface area contributed by atoms with Crippen LogP contribution in [0.15, 0.2) is 12.7 Å². The Hall–Kier alpha value is -0.720. The number of phosphoric acid groups is 1. The molecule has 0 bridgehead atoms. The van der Waals surface area contributed by atoms with Crippen molar-refractivity contribution in [2.45, 2.75) is 6.10 Å². The van der Waals surface area contributed by atoms with Gasteiger partial charge in [0.2, 0.25) is 0 Å². The van der Waals surface area contributed by atoms with Crippen molar-refractivity contribution in [3.63, 3.8) is 0 Å². The minimum atomic E-state index is -4.64. The van der Waals surface area contributed by atoms with Crippen molar-refractivity contribution in [2.75, 3.05) is 13.2 Å². The zero-order chi connectivity index (χ0) is 11.2. The summed E-state index contributed by atoms with van der Waals surface area (Å²) in [5.74, 6) is -0.384. The van der Waals surface area contributed by atoms with Crippen LogP contribution in [0.4, 0.5) is 0 Å². The Bertz CT molecular complexity index is 232. The van der Waals surface area contributed by atoms with Crippen LogP contribution in [-0.4, -0.2) is 40.0 Å². The molecule has 0 saturated carbocycles. The molecule has 1 aliphatic rings. The van der Waals surface area contributed by atoms with Gasteiger partial charge in [0.25, 0.3) is 0 Å². The number of hydrogen-bond acceptors (Lipinski definition) is 4. The topological polar surface area (TPSA) is 117 Å². The van der Waals surface area contributed by atoms with Gasteiger partial charge in [0, 0.05) is 6.08 Å². The highest BCUT2D eigenvalue weighted by Gasteiger charge is 2.23. The molecular weight excluding hydrogens is 215 g/mol. The zero-order valence-electron chi connectivity index (χ0n) is 7.20. The molecule has 3 N–H and O–H groups in total. The molecule has 0 aromatic rings. The SMILES string of the molecule is C=CC(=O)OCC1CO1.O=P(O)(O)O. The number of rotatable bonds is 3. The van der Waals surface area contributed by atoms with Crippen LogP contribution in [0, 0.1) is 0 Å². The lowest BCUT2D eigenvalue weighted by Crippen LogP contribution is -2.06. The van der Waals surface area contributed by atoms with Crippen LogP contribution in [0.25, 0.3) is 0 Å². The number of esters is 1. The van der Waals surface area contributed by atoms with Gasteiger partial charge in [-0.3, -0.25) is 0 Å². The molecule has 0 aromatic heterocycles. The van der Waals surface area contributed by atoms with Gasteiger partial charge in [0.15, 0.2) is 0 Å². The lowest BCUT2D eigenvalue weighted by molar-refractivity contribution is -0.138. The van der Waals surface area contributed by atoms with E-state index < -0.39 is 7.82 Å². The van der Waals surface area contributed by atoms with Gasteiger partial charge in [-0.1, -0.05) is 6.58 Å². The van der Waals surface area contributed by atoms with Gasteiger partial charge in [-0.15, -0.1) is 0 Å². The summed E-state index contributed by atoms with van der Waals surface area (Å²) >= 11 is 0. The molecule has 1 unspecified atom stereocenters. The van der Waals surface area contributed by atoms with E-state index in [1.807, 2.05) is 0 Å². The lowest BCUT2D eigenvalue weighted by Gasteiger charge is -1.94. The second-order valence-corrected chi connectivity index (χ2v) is 3.33. The summed E-state index contributed by atoms with van der Waals surface area (Å²) in [5.41, 5.74) is 0. The highest BCUT2D eigenvalue weighted by Crippen LogP contribution is 2.25. The standard InChI is InChI=1S/C6H8O3.H3O4P/c1-2-6(7)9-4-5-3-8-5;1-5(2,3)4/h2,5H,1,3-4H2;(H3,1,2,3,4). The fourth-order valence-corrected chi connectivity index (χ4v) is 0.398. The molecule has 8 heteroatoms. The second kappa shape index (κ2) is 5.90. The maximum atomic E-state index is 10.3. The highest BCUT2D eigenvalue weighted by atomic mass is 31.2. The lowest BCUT2D eigenvalue weighted by atomic mass is 10.5. The third kappa shape index (κ3) is 13.8. The summed E-state index contributed by atoms with van der Waals surface area (Å²) in [4.78, 5) is 31.9. The van der Waals surface area contributed by atoms with E-state index in [2.05, 4.69) is 11.3 Å². The fraction of sp³-hybridized carbons (Fsp3) is 0.500. The predicted octanol–water partition coefficient (Wildman–Crippen LogP) is -0.814. The van der Waals surface area contributed by atoms with Gasteiger partial charge >= 0.3 is 13.8 Å². The first-order chi connectivity index (χ1) is 6.33. The number of ether oxygens (including phenoxy) is 2. The monoisotopic (exact) mass is 226 g/mol. The summed E-state index contributed by atoms with van der Waals surface area (Å²) in [7, 11) is -4.64. The molecule has 1 atom stereocenters. The molecule has 1 aliphatic heterocycles. The Balaban J connectivity index is 0.000000292. The molecule has 1 heterocycles. The molecule has 1 fully saturated rings. The largest absolute Gasteiger partial charge is 0.466 e. The van der Waals surface area contributed by atoms with E-state index in [1.165, 1.54) is 0 Å². The summed E-state index contributed by atoms with van der Waals surface area (Å²) in [6, 6.07) is 0. The van der Waals surface area contributed by atoms with E-state index in [9.17, 15) is 4.79 Å². The van der Waals surface area contributed by atoms with Crippen molar-refractivity contribution in [1.29, 1.82) is 0 Å². The van der Waals surface area contributed by atoms with Crippen molar-refractivity contribution in [3.05, 3.63) is 12.7 Å². The molecule has 7 nitrogen and oxygen atoms in total. The van der Waals surface area contributed by atoms with E-state index in [0.29, 0.717) is 13.2 Å². The van der Waals surface area contributed by atoms with Crippen LogP contribution in [0.1, 0.15) is 0 Å². The Morgan fingerprint density at radius 2 is 2.07 bits per heavy atom. The molecule has 0 radical (unpaired) electrons. The Morgan fingerprint density at radius 3 is 2.36 bits per heavy atom. The average Bonchev–Trinajstić information content (AvgIpc) is 2.80. The van der Waals surface area contributed by atoms with Crippen LogP contribution < -0.4 is 0 Å². The van der Waals surface area contributed by atoms with Gasteiger partial charge in [0.1, 0.15) is 12.7 Å². The second-order valence-electron chi connectivity index (χ2n) is 2.30. The first-order valence-electron chi connectivity index (χ1n) is 3.52. The fourth-order valence-electron chi connectivity index (χ4n) is 0.398. The Morgan fingerprint density at radius 1 is 1.64 bits per heavy atom. The maximum absolute atomic E-state index is 10.3. The third-order valence-electron chi connectivity index (χ3n) is 0.981. The van der Waals surface area contributed by atoms with Crippen molar-refractivity contribution >= 4 is 13.8 Å². The van der Waals surface area contributed by atoms with Crippen LogP contribution in [0.3, 0.4) is 0 Å². The van der Waals surface area contributed by atoms with Gasteiger partial charge in [-0.25, -0.2) is 9.36 Å². The average molecular weight is 226 g/mol. The van der Waals surface area contributed by atoms with Crippen molar-refractivity contribution < 1.29 is 33.5 Å². The minimum absolute atomic E-state index is 0.147. The van der Waals surface area contributed by atoms with Gasteiger partial charge in [-0.05, 0) is 0 Å². The number of carbonyl (C=O) groups is 1. The van der Waals surface area contributed by atoms with Crippen molar-refractivity contribution in [2.24, 2.45) is 0 Å². The summed E-state index contributed by atoms with van der Waals surface area (Å²) in [6.45, 7) is 4.32. The van der Waals surface area contributed by atoms with Crippen molar-refractivity contribution in [1.82, 2.24) is 0 Å². The smallest absolute Gasteiger partial charge is 0.460 e. The zero-order valence-corrected chi connectivity index (χ0v) is 8.09. The van der Waals surface area contributed by atoms with E-state index in [-0.39, 0.29) is 12.1 Å². The van der Waals surface area contributed by atoms with E-state index in [0.717, 1.165) is 6.08 Å². The number of hydrogen-bond donors (Lipinski definition) is 3. The Kier molecular flexibility index (Phi) is 5.59. The summed E-state index contributed by atoms with van der Waals surface area (Å²) < 4.78 is 18.3. The molecule has 82 valence electrons. The third-order valence-corrected chi connectivity index (χ3v) is 0.981. The number of carbonyl (C=O) groups excluding carboxylic acids is 1. The summed E-state index contributed by atoms with van der Waals surface area (Å²) in [6.07, 6.45) is 1.29. The molecule has 1 saturated heterocycles. The van der Waals surface area contributed by atoms with Crippen LogP contribution >= 0.6 is 7.82 Å². The van der Waals surface area contributed by atoms with E-state index in [1.54, 1.807) is 0 Å². The summed E-state index contributed by atoms with van der Waals surface area (Å²) in [5, 5.41) is 0. The molecule has 1 rings (SSSR count). The molecule has 0 aliphatic carbocycles. The molecule has 0 spiro atoms. The van der Waals surface area contributed by atoms with E-state index >= 15 is 0 Å². The van der Waals surface area contributed by atoms with Crippen LogP contribution in [0.2, 0.25) is 0 Å². The molecule has 0 amide bonds. The Labute approximate surface area is 80.2 Å². The molecule has 14 heavy (non-hydrogen) atoms. The molecular formula is C6H11O7P. The van der Waals surface area contributed by atoms with Gasteiger partial charge in [-0.2, -0.15) is 0 Å². The van der Waals surface area contributed by atoms with Gasteiger partial charge < -0.3 is 24.2 Å². The van der Waals surface area contributed by atoms with Crippen LogP contribution in [0.5, 0.6) is 0 Å². The predicted molar refractivity (Wildman–Crippen MR) is 45.2 cm³/mol. The quantitative estimate of drug-likeness (QED) is 0.249. The normalized spacial score (nSPS) is 18.9. The highest BCUT2D eigenvalue weighted by molar-refractivity contribution is 7.45. The number of epoxide rings is 1. The molecule has 0 aromatic carbocycles. The van der Waals surface area contributed by atoms with Crippen molar-refractivity contribution in [3.8, 4) is 0 Å². The minimum Gasteiger partial charge on any atom is -0.460 e.